The Balaban J connectivity index is 2.23. The molecule has 0 fully saturated rings. The molecule has 0 atom stereocenters. The van der Waals surface area contributed by atoms with Gasteiger partial charge in [0.2, 0.25) is 0 Å². The highest BCUT2D eigenvalue weighted by Crippen LogP contribution is 2.26. The predicted molar refractivity (Wildman–Crippen MR) is 77.9 cm³/mol. The van der Waals surface area contributed by atoms with Crippen LogP contribution in [-0.2, 0) is 0 Å². The summed E-state index contributed by atoms with van der Waals surface area (Å²) in [6.07, 6.45) is 3.60. The van der Waals surface area contributed by atoms with E-state index in [9.17, 15) is 0 Å². The fourth-order valence-corrected chi connectivity index (χ4v) is 1.88. The van der Waals surface area contributed by atoms with Crippen LogP contribution in [0.2, 0.25) is 5.02 Å². The molecule has 3 nitrogen and oxygen atoms in total. The molecule has 94 valence electrons. The van der Waals surface area contributed by atoms with Gasteiger partial charge in [0, 0.05) is 17.3 Å². The summed E-state index contributed by atoms with van der Waals surface area (Å²) < 4.78 is 0. The molecule has 2 aromatic rings. The first-order valence-corrected chi connectivity index (χ1v) is 6.29. The Labute approximate surface area is 112 Å². The highest BCUT2D eigenvalue weighted by molar-refractivity contribution is 6.31. The molecule has 0 saturated heterocycles. The minimum absolute atomic E-state index is 0.760. The molecule has 2 rings (SSSR count). The van der Waals surface area contributed by atoms with Crippen LogP contribution in [0.5, 0.6) is 0 Å². The minimum atomic E-state index is 0.760. The molecular weight excluding hydrogens is 246 g/mol. The van der Waals surface area contributed by atoms with Crippen molar-refractivity contribution in [1.29, 1.82) is 0 Å². The molecule has 0 amide bonds. The number of rotatable bonds is 4. The van der Waals surface area contributed by atoms with Gasteiger partial charge in [-0.2, -0.15) is 0 Å². The van der Waals surface area contributed by atoms with Crippen molar-refractivity contribution in [3.05, 3.63) is 47.2 Å². The Morgan fingerprint density at radius 1 is 1.22 bits per heavy atom. The summed E-state index contributed by atoms with van der Waals surface area (Å²) in [5.41, 5.74) is 3.98. The molecule has 0 aliphatic carbocycles. The largest absolute Gasteiger partial charge is 0.384 e. The van der Waals surface area contributed by atoms with Crippen LogP contribution in [0.3, 0.4) is 0 Å². The topological polar surface area (TPSA) is 37.0 Å². The van der Waals surface area contributed by atoms with Crippen LogP contribution in [0, 0.1) is 6.92 Å². The Hall–Kier alpha value is -1.74. The minimum Gasteiger partial charge on any atom is -0.384 e. The summed E-state index contributed by atoms with van der Waals surface area (Å²) in [4.78, 5) is 4.19. The molecule has 0 bridgehead atoms. The van der Waals surface area contributed by atoms with Crippen molar-refractivity contribution in [3.8, 4) is 0 Å². The Morgan fingerprint density at radius 3 is 2.78 bits per heavy atom. The van der Waals surface area contributed by atoms with E-state index < -0.39 is 0 Å². The number of benzene rings is 1. The second-order valence-electron chi connectivity index (χ2n) is 4.03. The normalized spacial score (nSPS) is 10.2. The molecule has 0 saturated carbocycles. The Morgan fingerprint density at radius 2 is 2.00 bits per heavy atom. The van der Waals surface area contributed by atoms with Crippen LogP contribution >= 0.6 is 11.6 Å². The van der Waals surface area contributed by atoms with Crippen molar-refractivity contribution in [2.75, 3.05) is 17.2 Å². The zero-order valence-electron chi connectivity index (χ0n) is 10.5. The maximum Gasteiger partial charge on any atom is 0.0591 e. The fourth-order valence-electron chi connectivity index (χ4n) is 1.71. The number of aromatic nitrogens is 1. The maximum absolute atomic E-state index is 6.09. The molecule has 4 heteroatoms. The average molecular weight is 262 g/mol. The molecule has 0 aliphatic rings. The van der Waals surface area contributed by atoms with Gasteiger partial charge >= 0.3 is 0 Å². The third kappa shape index (κ3) is 2.93. The van der Waals surface area contributed by atoms with Gasteiger partial charge in [0.1, 0.15) is 0 Å². The molecule has 18 heavy (non-hydrogen) atoms. The van der Waals surface area contributed by atoms with Crippen LogP contribution in [0.4, 0.5) is 17.1 Å². The zero-order chi connectivity index (χ0) is 13.0. The lowest BCUT2D eigenvalue weighted by Gasteiger charge is -2.11. The second-order valence-corrected chi connectivity index (χ2v) is 4.44. The van der Waals surface area contributed by atoms with Gasteiger partial charge in [-0.25, -0.2) is 0 Å². The summed E-state index contributed by atoms with van der Waals surface area (Å²) in [7, 11) is 0. The second kappa shape index (κ2) is 5.74. The molecular formula is C14H16ClN3. The summed E-state index contributed by atoms with van der Waals surface area (Å²) in [5, 5.41) is 7.32. The molecule has 0 spiro atoms. The van der Waals surface area contributed by atoms with Gasteiger partial charge in [0.25, 0.3) is 0 Å². The van der Waals surface area contributed by atoms with Crippen molar-refractivity contribution in [2.24, 2.45) is 0 Å². The van der Waals surface area contributed by atoms with Crippen molar-refractivity contribution >= 4 is 28.7 Å². The highest BCUT2D eigenvalue weighted by atomic mass is 35.5. The average Bonchev–Trinajstić information content (AvgIpc) is 2.36. The quantitative estimate of drug-likeness (QED) is 0.865. The summed E-state index contributed by atoms with van der Waals surface area (Å²) in [6, 6.07) is 7.84. The van der Waals surface area contributed by atoms with Gasteiger partial charge in [-0.15, -0.1) is 0 Å². The number of halogens is 1. The summed E-state index contributed by atoms with van der Waals surface area (Å²) in [6.45, 7) is 4.93. The monoisotopic (exact) mass is 261 g/mol. The van der Waals surface area contributed by atoms with E-state index in [1.165, 1.54) is 0 Å². The van der Waals surface area contributed by atoms with E-state index >= 15 is 0 Å². The molecule has 0 unspecified atom stereocenters. The first kappa shape index (κ1) is 12.7. The van der Waals surface area contributed by atoms with Gasteiger partial charge in [0.15, 0.2) is 0 Å². The summed E-state index contributed by atoms with van der Waals surface area (Å²) >= 11 is 6.09. The molecule has 1 aromatic carbocycles. The van der Waals surface area contributed by atoms with Crippen LogP contribution in [-0.4, -0.2) is 11.5 Å². The number of hydrogen-bond donors (Lipinski definition) is 2. The third-order valence-electron chi connectivity index (χ3n) is 2.67. The van der Waals surface area contributed by atoms with Crippen LogP contribution in [0.25, 0.3) is 0 Å². The number of pyridine rings is 1. The number of hydrogen-bond acceptors (Lipinski definition) is 3. The van der Waals surface area contributed by atoms with E-state index in [1.54, 1.807) is 12.4 Å². The van der Waals surface area contributed by atoms with Crippen molar-refractivity contribution in [2.45, 2.75) is 13.8 Å². The van der Waals surface area contributed by atoms with E-state index in [4.69, 9.17) is 11.6 Å². The van der Waals surface area contributed by atoms with Gasteiger partial charge in [0.05, 0.1) is 23.8 Å². The van der Waals surface area contributed by atoms with E-state index in [-0.39, 0.29) is 0 Å². The highest BCUT2D eigenvalue weighted by Gasteiger charge is 2.03. The molecule has 0 aliphatic heterocycles. The molecule has 1 aromatic heterocycles. The van der Waals surface area contributed by atoms with Crippen LogP contribution in [0.15, 0.2) is 36.7 Å². The van der Waals surface area contributed by atoms with Crippen LogP contribution in [0.1, 0.15) is 12.5 Å². The lowest BCUT2D eigenvalue weighted by Crippen LogP contribution is -1.99. The first-order valence-electron chi connectivity index (χ1n) is 5.91. The smallest absolute Gasteiger partial charge is 0.0591 e. The summed E-state index contributed by atoms with van der Waals surface area (Å²) in [5.74, 6) is 0. The zero-order valence-corrected chi connectivity index (χ0v) is 11.3. The van der Waals surface area contributed by atoms with Gasteiger partial charge < -0.3 is 10.6 Å². The molecule has 2 N–H and O–H groups in total. The SMILES string of the molecule is CCNc1cncc(Nc2cccc(Cl)c2C)c1. The predicted octanol–water partition coefficient (Wildman–Crippen LogP) is 4.22. The van der Waals surface area contributed by atoms with Gasteiger partial charge in [-0.3, -0.25) is 4.98 Å². The van der Waals surface area contributed by atoms with Gasteiger partial charge in [-0.05, 0) is 37.6 Å². The van der Waals surface area contributed by atoms with Crippen LogP contribution < -0.4 is 10.6 Å². The standard InChI is InChI=1S/C14H16ClN3/c1-3-17-11-7-12(9-16-8-11)18-14-6-4-5-13(15)10(14)2/h4-9,17-18H,3H2,1-2H3. The molecule has 0 radical (unpaired) electrons. The van der Waals surface area contributed by atoms with Crippen molar-refractivity contribution < 1.29 is 0 Å². The maximum atomic E-state index is 6.09. The first-order chi connectivity index (χ1) is 8.70. The van der Waals surface area contributed by atoms with E-state index in [0.717, 1.165) is 34.2 Å². The number of nitrogens with zero attached hydrogens (tertiary/aromatic N) is 1. The Kier molecular flexibility index (Phi) is 4.05. The van der Waals surface area contributed by atoms with Crippen molar-refractivity contribution in [3.63, 3.8) is 0 Å². The fraction of sp³-hybridized carbons (Fsp3) is 0.214. The Bertz CT molecular complexity index is 540. The van der Waals surface area contributed by atoms with E-state index in [2.05, 4.69) is 22.5 Å². The van der Waals surface area contributed by atoms with E-state index in [0.29, 0.717) is 0 Å². The van der Waals surface area contributed by atoms with Crippen molar-refractivity contribution in [1.82, 2.24) is 4.98 Å². The van der Waals surface area contributed by atoms with E-state index in [1.807, 2.05) is 31.2 Å². The number of nitrogens with one attached hydrogen (secondary N) is 2. The lowest BCUT2D eigenvalue weighted by molar-refractivity contribution is 1.19. The third-order valence-corrected chi connectivity index (χ3v) is 3.08. The molecule has 1 heterocycles. The van der Waals surface area contributed by atoms with Gasteiger partial charge in [-0.1, -0.05) is 17.7 Å². The lowest BCUT2D eigenvalue weighted by atomic mass is 10.2. The number of anilines is 3.